The molecule has 0 saturated heterocycles. The minimum Gasteiger partial charge on any atom is -0.372 e. The maximum atomic E-state index is 4.54. The third kappa shape index (κ3) is 1.87. The third-order valence-electron chi connectivity index (χ3n) is 3.10. The number of rotatable bonds is 2. The lowest BCUT2D eigenvalue weighted by Crippen LogP contribution is -2.04. The van der Waals surface area contributed by atoms with Crippen LogP contribution < -0.4 is 5.32 Å². The van der Waals surface area contributed by atoms with Crippen molar-refractivity contribution < 1.29 is 0 Å². The minimum absolute atomic E-state index is 0.380. The van der Waals surface area contributed by atoms with Crippen LogP contribution in [0.1, 0.15) is 37.7 Å². The number of nitrogens with one attached hydrogen (secondary N) is 1. The molecule has 1 heterocycles. The summed E-state index contributed by atoms with van der Waals surface area (Å²) in [6.45, 7) is 6.53. The van der Waals surface area contributed by atoms with E-state index in [0.717, 1.165) is 21.8 Å². The van der Waals surface area contributed by atoms with Crippen molar-refractivity contribution in [1.82, 2.24) is 9.97 Å². The maximum absolute atomic E-state index is 4.54. The van der Waals surface area contributed by atoms with E-state index in [9.17, 15) is 0 Å². The van der Waals surface area contributed by atoms with Gasteiger partial charge in [0.05, 0.1) is 10.2 Å². The van der Waals surface area contributed by atoms with Gasteiger partial charge in [-0.3, -0.25) is 0 Å². The van der Waals surface area contributed by atoms with Crippen molar-refractivity contribution in [2.75, 3.05) is 12.4 Å². The third-order valence-corrected chi connectivity index (χ3v) is 4.05. The molecule has 4 heteroatoms. The summed E-state index contributed by atoms with van der Waals surface area (Å²) in [4.78, 5) is 9.08. The van der Waals surface area contributed by atoms with Crippen LogP contribution in [-0.4, -0.2) is 17.0 Å². The van der Waals surface area contributed by atoms with E-state index in [1.165, 1.54) is 6.42 Å². The lowest BCUT2D eigenvalue weighted by Gasteiger charge is -2.09. The van der Waals surface area contributed by atoms with Gasteiger partial charge in [-0.1, -0.05) is 13.8 Å². The van der Waals surface area contributed by atoms with Crippen LogP contribution in [0.15, 0.2) is 4.47 Å². The average molecular weight is 270 g/mol. The summed E-state index contributed by atoms with van der Waals surface area (Å²) in [6, 6.07) is 0. The molecule has 0 amide bonds. The molecule has 0 aliphatic heterocycles. The van der Waals surface area contributed by atoms with Crippen molar-refractivity contribution in [3.05, 3.63) is 16.0 Å². The summed E-state index contributed by atoms with van der Waals surface area (Å²) >= 11 is 3.49. The van der Waals surface area contributed by atoms with Gasteiger partial charge in [-0.05, 0) is 34.7 Å². The van der Waals surface area contributed by atoms with Gasteiger partial charge >= 0.3 is 0 Å². The molecule has 1 atom stereocenters. The molecular weight excluding hydrogens is 254 g/mol. The van der Waals surface area contributed by atoms with Crippen molar-refractivity contribution >= 4 is 21.7 Å². The lowest BCUT2D eigenvalue weighted by atomic mass is 10.1. The summed E-state index contributed by atoms with van der Waals surface area (Å²) in [6.07, 6.45) is 1.19. The Morgan fingerprint density at radius 2 is 2.00 bits per heavy atom. The molecule has 1 saturated carbocycles. The van der Waals surface area contributed by atoms with Crippen molar-refractivity contribution in [1.29, 1.82) is 0 Å². The molecule has 1 aliphatic rings. The number of aromatic nitrogens is 2. The van der Waals surface area contributed by atoms with Crippen LogP contribution in [0.5, 0.6) is 0 Å². The zero-order chi connectivity index (χ0) is 11.2. The summed E-state index contributed by atoms with van der Waals surface area (Å²) < 4.78 is 0.965. The molecule has 0 spiro atoms. The predicted molar refractivity (Wildman–Crippen MR) is 65.2 cm³/mol. The summed E-state index contributed by atoms with van der Waals surface area (Å²) in [7, 11) is 1.88. The Balaban J connectivity index is 2.39. The highest BCUT2D eigenvalue weighted by Gasteiger charge is 2.48. The van der Waals surface area contributed by atoms with E-state index < -0.39 is 0 Å². The second-order valence-corrected chi connectivity index (χ2v) is 5.62. The van der Waals surface area contributed by atoms with Gasteiger partial charge in [0.2, 0.25) is 0 Å². The van der Waals surface area contributed by atoms with E-state index in [2.05, 4.69) is 45.1 Å². The smallest absolute Gasteiger partial charge is 0.144 e. The molecule has 3 nitrogen and oxygen atoms in total. The molecule has 1 aliphatic carbocycles. The van der Waals surface area contributed by atoms with Crippen LogP contribution in [0.4, 0.5) is 5.82 Å². The number of halogens is 1. The standard InChI is InChI=1S/C11H16BrN3/c1-6-8(12)10(13-4)15-9(14-6)7-5-11(7,2)3/h7H,5H2,1-4H3,(H,13,14,15). The maximum Gasteiger partial charge on any atom is 0.144 e. The molecule has 1 aromatic heterocycles. The molecular formula is C11H16BrN3. The van der Waals surface area contributed by atoms with Crippen molar-refractivity contribution in [2.45, 2.75) is 33.1 Å². The normalized spacial score (nSPS) is 22.6. The van der Waals surface area contributed by atoms with Crippen LogP contribution in [0.25, 0.3) is 0 Å². The molecule has 1 unspecified atom stereocenters. The first kappa shape index (κ1) is 10.9. The number of anilines is 1. The van der Waals surface area contributed by atoms with Crippen molar-refractivity contribution in [3.8, 4) is 0 Å². The number of hydrogen-bond acceptors (Lipinski definition) is 3. The first-order valence-electron chi connectivity index (χ1n) is 5.17. The second-order valence-electron chi connectivity index (χ2n) is 4.83. The monoisotopic (exact) mass is 269 g/mol. The Kier molecular flexibility index (Phi) is 2.49. The highest BCUT2D eigenvalue weighted by Crippen LogP contribution is 2.57. The molecule has 1 N–H and O–H groups in total. The van der Waals surface area contributed by atoms with Crippen LogP contribution in [0, 0.1) is 12.3 Å². The van der Waals surface area contributed by atoms with Crippen LogP contribution in [-0.2, 0) is 0 Å². The fraction of sp³-hybridized carbons (Fsp3) is 0.636. The Bertz CT molecular complexity index is 401. The first-order chi connectivity index (χ1) is 6.95. The SMILES string of the molecule is CNc1nc(C2CC2(C)C)nc(C)c1Br. The average Bonchev–Trinajstić information content (AvgIpc) is 2.80. The van der Waals surface area contributed by atoms with E-state index >= 15 is 0 Å². The Morgan fingerprint density at radius 3 is 2.47 bits per heavy atom. The fourth-order valence-electron chi connectivity index (χ4n) is 1.81. The van der Waals surface area contributed by atoms with Gasteiger partial charge < -0.3 is 5.32 Å². The van der Waals surface area contributed by atoms with E-state index in [1.807, 2.05) is 14.0 Å². The molecule has 0 aromatic carbocycles. The van der Waals surface area contributed by atoms with Gasteiger partial charge in [0, 0.05) is 13.0 Å². The first-order valence-corrected chi connectivity index (χ1v) is 5.97. The highest BCUT2D eigenvalue weighted by molar-refractivity contribution is 9.10. The Labute approximate surface area is 98.8 Å². The Morgan fingerprint density at radius 1 is 1.40 bits per heavy atom. The zero-order valence-electron chi connectivity index (χ0n) is 9.56. The molecule has 1 fully saturated rings. The van der Waals surface area contributed by atoms with E-state index in [0.29, 0.717) is 11.3 Å². The highest BCUT2D eigenvalue weighted by atomic mass is 79.9. The zero-order valence-corrected chi connectivity index (χ0v) is 11.1. The molecule has 15 heavy (non-hydrogen) atoms. The van der Waals surface area contributed by atoms with Crippen LogP contribution >= 0.6 is 15.9 Å². The Hall–Kier alpha value is -0.640. The van der Waals surface area contributed by atoms with E-state index in [1.54, 1.807) is 0 Å². The quantitative estimate of drug-likeness (QED) is 0.897. The number of hydrogen-bond donors (Lipinski definition) is 1. The molecule has 82 valence electrons. The van der Waals surface area contributed by atoms with Crippen LogP contribution in [0.3, 0.4) is 0 Å². The topological polar surface area (TPSA) is 37.8 Å². The van der Waals surface area contributed by atoms with Gasteiger partial charge in [0.1, 0.15) is 11.6 Å². The van der Waals surface area contributed by atoms with Gasteiger partial charge in [0.25, 0.3) is 0 Å². The minimum atomic E-state index is 0.380. The molecule has 0 radical (unpaired) electrons. The van der Waals surface area contributed by atoms with E-state index in [-0.39, 0.29) is 0 Å². The predicted octanol–water partition coefficient (Wildman–Crippen LogP) is 3.10. The molecule has 2 rings (SSSR count). The van der Waals surface area contributed by atoms with Crippen LogP contribution in [0.2, 0.25) is 0 Å². The van der Waals surface area contributed by atoms with Crippen molar-refractivity contribution in [3.63, 3.8) is 0 Å². The fourth-order valence-corrected chi connectivity index (χ4v) is 2.19. The van der Waals surface area contributed by atoms with Crippen molar-refractivity contribution in [2.24, 2.45) is 5.41 Å². The lowest BCUT2D eigenvalue weighted by molar-refractivity contribution is 0.607. The van der Waals surface area contributed by atoms with Gasteiger partial charge in [0.15, 0.2) is 0 Å². The van der Waals surface area contributed by atoms with Gasteiger partial charge in [-0.2, -0.15) is 0 Å². The summed E-state index contributed by atoms with van der Waals surface area (Å²) in [5, 5.41) is 3.09. The summed E-state index contributed by atoms with van der Waals surface area (Å²) in [5.41, 5.74) is 1.39. The largest absolute Gasteiger partial charge is 0.372 e. The second kappa shape index (κ2) is 3.44. The molecule has 1 aromatic rings. The number of aryl methyl sites for hydroxylation is 1. The van der Waals surface area contributed by atoms with Gasteiger partial charge in [-0.25, -0.2) is 9.97 Å². The van der Waals surface area contributed by atoms with E-state index in [4.69, 9.17) is 0 Å². The summed E-state index contributed by atoms with van der Waals surface area (Å²) in [5.74, 6) is 2.39. The molecule has 0 bridgehead atoms. The van der Waals surface area contributed by atoms with Gasteiger partial charge in [-0.15, -0.1) is 0 Å². The number of nitrogens with zero attached hydrogens (tertiary/aromatic N) is 2.